The highest BCUT2D eigenvalue weighted by molar-refractivity contribution is 7.98. The van der Waals surface area contributed by atoms with Gasteiger partial charge in [0.15, 0.2) is 0 Å². The van der Waals surface area contributed by atoms with Gasteiger partial charge in [-0.15, -0.1) is 0 Å². The van der Waals surface area contributed by atoms with Crippen molar-refractivity contribution < 1.29 is 8.42 Å². The highest BCUT2D eigenvalue weighted by Crippen LogP contribution is 2.14. The monoisotopic (exact) mass is 274 g/mol. The van der Waals surface area contributed by atoms with Crippen LogP contribution in [0.25, 0.3) is 0 Å². The molecular weight excluding hydrogens is 256 g/mol. The molecule has 0 radical (unpaired) electrons. The number of benzene rings is 1. The van der Waals surface area contributed by atoms with Crippen molar-refractivity contribution in [2.24, 2.45) is 0 Å². The molecule has 3 N–H and O–H groups in total. The average Bonchev–Trinajstić information content (AvgIpc) is 2.28. The summed E-state index contributed by atoms with van der Waals surface area (Å²) in [6.07, 6.45) is 2.72. The summed E-state index contributed by atoms with van der Waals surface area (Å²) in [7, 11) is -3.46. The van der Waals surface area contributed by atoms with Crippen molar-refractivity contribution in [3.05, 3.63) is 24.3 Å². The second-order valence-corrected chi connectivity index (χ2v) is 6.38. The lowest BCUT2D eigenvalue weighted by Gasteiger charge is -2.16. The smallest absolute Gasteiger partial charge is 0.240 e. The van der Waals surface area contributed by atoms with Crippen molar-refractivity contribution in [1.29, 1.82) is 0 Å². The number of nitrogens with two attached hydrogens (primary N) is 1. The third kappa shape index (κ3) is 4.22. The molecule has 0 aliphatic rings. The van der Waals surface area contributed by atoms with Gasteiger partial charge in [0.05, 0.1) is 4.90 Å². The van der Waals surface area contributed by atoms with Gasteiger partial charge in [-0.05, 0) is 30.9 Å². The van der Waals surface area contributed by atoms with E-state index in [1.165, 1.54) is 6.07 Å². The Labute approximate surface area is 107 Å². The summed E-state index contributed by atoms with van der Waals surface area (Å²) >= 11 is 1.62. The molecule has 17 heavy (non-hydrogen) atoms. The summed E-state index contributed by atoms with van der Waals surface area (Å²) in [5.41, 5.74) is 6.03. The van der Waals surface area contributed by atoms with Crippen LogP contribution in [-0.4, -0.2) is 26.5 Å². The van der Waals surface area contributed by atoms with Crippen molar-refractivity contribution >= 4 is 27.5 Å². The van der Waals surface area contributed by atoms with Crippen LogP contribution in [0, 0.1) is 0 Å². The summed E-state index contributed by atoms with van der Waals surface area (Å²) in [4.78, 5) is 0.219. The van der Waals surface area contributed by atoms with Gasteiger partial charge in [-0.2, -0.15) is 11.8 Å². The molecule has 0 saturated carbocycles. The van der Waals surface area contributed by atoms with Crippen LogP contribution >= 0.6 is 11.8 Å². The summed E-state index contributed by atoms with van der Waals surface area (Å²) < 4.78 is 26.8. The van der Waals surface area contributed by atoms with E-state index < -0.39 is 10.0 Å². The van der Waals surface area contributed by atoms with Crippen LogP contribution in [-0.2, 0) is 10.0 Å². The van der Waals surface area contributed by atoms with Gasteiger partial charge < -0.3 is 5.73 Å². The summed E-state index contributed by atoms with van der Waals surface area (Å²) in [5, 5.41) is 0. The Morgan fingerprint density at radius 3 is 2.71 bits per heavy atom. The molecule has 1 aromatic rings. The summed E-state index contributed by atoms with van der Waals surface area (Å²) in [5.74, 6) is 0.762. The molecule has 0 spiro atoms. The minimum atomic E-state index is -3.46. The molecule has 0 bridgehead atoms. The molecule has 6 heteroatoms. The van der Waals surface area contributed by atoms with Crippen LogP contribution in [0.2, 0.25) is 0 Å². The van der Waals surface area contributed by atoms with E-state index in [0.717, 1.165) is 12.2 Å². The van der Waals surface area contributed by atoms with Crippen molar-refractivity contribution in [3.63, 3.8) is 0 Å². The fourth-order valence-corrected chi connectivity index (χ4v) is 3.61. The first kappa shape index (κ1) is 14.3. The number of hydrogen-bond acceptors (Lipinski definition) is 4. The minimum Gasteiger partial charge on any atom is -0.399 e. The maximum absolute atomic E-state index is 12.1. The highest BCUT2D eigenvalue weighted by atomic mass is 32.2. The maximum Gasteiger partial charge on any atom is 0.240 e. The number of nitrogen functional groups attached to an aromatic ring is 1. The molecule has 0 aliphatic carbocycles. The molecule has 0 heterocycles. The molecule has 4 nitrogen and oxygen atoms in total. The zero-order valence-corrected chi connectivity index (χ0v) is 11.6. The van der Waals surface area contributed by atoms with Crippen molar-refractivity contribution in [3.8, 4) is 0 Å². The van der Waals surface area contributed by atoms with Gasteiger partial charge >= 0.3 is 0 Å². The van der Waals surface area contributed by atoms with Crippen molar-refractivity contribution in [2.75, 3.05) is 17.7 Å². The summed E-state index contributed by atoms with van der Waals surface area (Å²) in [6, 6.07) is 6.27. The van der Waals surface area contributed by atoms with Gasteiger partial charge in [0.25, 0.3) is 0 Å². The molecule has 0 aromatic heterocycles. The Bertz CT molecular complexity index is 460. The van der Waals surface area contributed by atoms with Crippen LogP contribution in [0.4, 0.5) is 5.69 Å². The standard InChI is InChI=1S/C11H18N2O2S2/c1-3-10(8-16-2)13-17(14,15)11-6-4-5-9(12)7-11/h4-7,10,13H,3,8,12H2,1-2H3. The molecule has 0 saturated heterocycles. The number of anilines is 1. The van der Waals surface area contributed by atoms with E-state index in [2.05, 4.69) is 4.72 Å². The average molecular weight is 274 g/mol. The predicted molar refractivity (Wildman–Crippen MR) is 73.6 cm³/mol. The first-order valence-corrected chi connectivity index (χ1v) is 8.24. The maximum atomic E-state index is 12.1. The second kappa shape index (κ2) is 6.28. The first-order chi connectivity index (χ1) is 7.99. The van der Waals surface area contributed by atoms with Gasteiger partial charge in [0.1, 0.15) is 0 Å². The highest BCUT2D eigenvalue weighted by Gasteiger charge is 2.18. The van der Waals surface area contributed by atoms with Gasteiger partial charge in [0, 0.05) is 17.5 Å². The van der Waals surface area contributed by atoms with E-state index in [0.29, 0.717) is 5.69 Å². The number of thioether (sulfide) groups is 1. The lowest BCUT2D eigenvalue weighted by atomic mass is 10.3. The molecule has 0 amide bonds. The number of rotatable bonds is 6. The third-order valence-electron chi connectivity index (χ3n) is 2.35. The van der Waals surface area contributed by atoms with Crippen LogP contribution in [0.3, 0.4) is 0 Å². The van der Waals surface area contributed by atoms with E-state index in [1.54, 1.807) is 30.0 Å². The lowest BCUT2D eigenvalue weighted by Crippen LogP contribution is -2.36. The second-order valence-electron chi connectivity index (χ2n) is 3.75. The quantitative estimate of drug-likeness (QED) is 0.774. The van der Waals surface area contributed by atoms with E-state index in [4.69, 9.17) is 5.73 Å². The Hall–Kier alpha value is -0.720. The molecule has 1 rings (SSSR count). The fourth-order valence-electron chi connectivity index (χ4n) is 1.41. The largest absolute Gasteiger partial charge is 0.399 e. The van der Waals surface area contributed by atoms with Crippen LogP contribution in [0.5, 0.6) is 0 Å². The van der Waals surface area contributed by atoms with Crippen molar-refractivity contribution in [2.45, 2.75) is 24.3 Å². The van der Waals surface area contributed by atoms with Crippen molar-refractivity contribution in [1.82, 2.24) is 4.72 Å². The van der Waals surface area contributed by atoms with E-state index in [1.807, 2.05) is 13.2 Å². The molecule has 1 atom stereocenters. The topological polar surface area (TPSA) is 72.2 Å². The SMILES string of the molecule is CCC(CSC)NS(=O)(=O)c1cccc(N)c1. The van der Waals surface area contributed by atoms with Gasteiger partial charge in [-0.3, -0.25) is 0 Å². The van der Waals surface area contributed by atoms with E-state index in [9.17, 15) is 8.42 Å². The summed E-state index contributed by atoms with van der Waals surface area (Å²) in [6.45, 7) is 1.96. The minimum absolute atomic E-state index is 0.0450. The predicted octanol–water partition coefficient (Wildman–Crippen LogP) is 1.69. The number of nitrogens with one attached hydrogen (secondary N) is 1. The zero-order valence-electron chi connectivity index (χ0n) is 10.0. The van der Waals surface area contributed by atoms with Crippen LogP contribution in [0.1, 0.15) is 13.3 Å². The molecule has 96 valence electrons. The first-order valence-electron chi connectivity index (χ1n) is 5.36. The molecule has 1 aromatic carbocycles. The van der Waals surface area contributed by atoms with Crippen LogP contribution < -0.4 is 10.5 Å². The van der Waals surface area contributed by atoms with Gasteiger partial charge in [-0.25, -0.2) is 13.1 Å². The van der Waals surface area contributed by atoms with E-state index >= 15 is 0 Å². The number of hydrogen-bond donors (Lipinski definition) is 2. The molecule has 1 unspecified atom stereocenters. The van der Waals surface area contributed by atoms with E-state index in [-0.39, 0.29) is 10.9 Å². The third-order valence-corrected chi connectivity index (χ3v) is 4.60. The van der Waals surface area contributed by atoms with Gasteiger partial charge in [-0.1, -0.05) is 13.0 Å². The van der Waals surface area contributed by atoms with Crippen LogP contribution in [0.15, 0.2) is 29.2 Å². The zero-order chi connectivity index (χ0) is 12.9. The Balaban J connectivity index is 2.88. The number of sulfonamides is 1. The molecule has 0 fully saturated rings. The Morgan fingerprint density at radius 2 is 2.18 bits per heavy atom. The van der Waals surface area contributed by atoms with Gasteiger partial charge in [0.2, 0.25) is 10.0 Å². The lowest BCUT2D eigenvalue weighted by molar-refractivity contribution is 0.558. The molecule has 0 aliphatic heterocycles. The molecular formula is C11H18N2O2S2. The Morgan fingerprint density at radius 1 is 1.47 bits per heavy atom. The fraction of sp³-hybridized carbons (Fsp3) is 0.455. The normalized spacial score (nSPS) is 13.5. The Kier molecular flexibility index (Phi) is 5.30.